The lowest BCUT2D eigenvalue weighted by Gasteiger charge is -2.62. The molecule has 1 saturated carbocycles. The summed E-state index contributed by atoms with van der Waals surface area (Å²) in [5.74, 6) is -3.26. The van der Waals surface area contributed by atoms with Gasteiger partial charge in [0.1, 0.15) is 12.2 Å². The van der Waals surface area contributed by atoms with Crippen molar-refractivity contribution in [3.63, 3.8) is 0 Å². The minimum absolute atomic E-state index is 0.0419. The van der Waals surface area contributed by atoms with E-state index in [1.807, 2.05) is 13.0 Å². The van der Waals surface area contributed by atoms with Gasteiger partial charge in [0.15, 0.2) is 5.78 Å². The maximum Gasteiger partial charge on any atom is 0.315 e. The van der Waals surface area contributed by atoms with Gasteiger partial charge in [-0.05, 0) is 49.5 Å². The summed E-state index contributed by atoms with van der Waals surface area (Å²) in [5.41, 5.74) is -0.391. The number of allylic oxidation sites excluding steroid dienone is 2. The summed E-state index contributed by atoms with van der Waals surface area (Å²) in [6, 6.07) is 1.93. The fourth-order valence-electron chi connectivity index (χ4n) is 8.57. The van der Waals surface area contributed by atoms with Crippen molar-refractivity contribution < 1.29 is 42.5 Å². The second-order valence-electron chi connectivity index (χ2n) is 11.9. The van der Waals surface area contributed by atoms with E-state index in [2.05, 4.69) is 6.92 Å². The van der Waals surface area contributed by atoms with Crippen molar-refractivity contribution in [2.45, 2.75) is 71.7 Å². The lowest BCUT2D eigenvalue weighted by atomic mass is 9.41. The molecule has 9 heteroatoms. The molecule has 9 nitrogen and oxygen atoms in total. The van der Waals surface area contributed by atoms with Crippen LogP contribution < -0.4 is 0 Å². The van der Waals surface area contributed by atoms with Crippen LogP contribution in [0, 0.1) is 28.1 Å². The number of fused-ring (bicyclic) bond motifs is 4. The molecule has 0 bridgehead atoms. The van der Waals surface area contributed by atoms with Crippen LogP contribution in [0.2, 0.25) is 0 Å². The minimum atomic E-state index is -1.32. The molecule has 0 amide bonds. The zero-order chi connectivity index (χ0) is 28.5. The molecule has 3 unspecified atom stereocenters. The monoisotopic (exact) mass is 540 g/mol. The smallest absolute Gasteiger partial charge is 0.315 e. The number of methoxy groups -OCH3 is 2. The van der Waals surface area contributed by atoms with Crippen LogP contribution in [0.15, 0.2) is 46.3 Å². The fourth-order valence-corrected chi connectivity index (χ4v) is 8.57. The maximum absolute atomic E-state index is 14.0. The SMILES string of the molecule is COC(=O)C[C@@H]1[C@@]2(C)C(=O)C=C[C@@](C)(C(=O)OC)[C@@H]2C(OC(C)=O)C2OC3C[C@@H](c4ccoc4)C(C)=C3[C@]21C. The average Bonchev–Trinajstić information content (AvgIpc) is 3.60. The lowest BCUT2D eigenvalue weighted by Crippen LogP contribution is -2.70. The number of carbonyl (C=O) groups excluding carboxylic acids is 4. The Hall–Kier alpha value is -3.20. The molecular weight excluding hydrogens is 504 g/mol. The zero-order valence-corrected chi connectivity index (χ0v) is 23.4. The quantitative estimate of drug-likeness (QED) is 0.311. The zero-order valence-electron chi connectivity index (χ0n) is 23.4. The molecule has 3 aliphatic carbocycles. The third-order valence-electron chi connectivity index (χ3n) is 10.2. The van der Waals surface area contributed by atoms with Gasteiger partial charge in [-0.1, -0.05) is 25.5 Å². The molecule has 9 atom stereocenters. The highest BCUT2D eigenvalue weighted by atomic mass is 16.6. The van der Waals surface area contributed by atoms with Crippen LogP contribution in [0.4, 0.5) is 0 Å². The predicted molar refractivity (Wildman–Crippen MR) is 137 cm³/mol. The van der Waals surface area contributed by atoms with Gasteiger partial charge in [0.2, 0.25) is 0 Å². The second kappa shape index (κ2) is 9.18. The van der Waals surface area contributed by atoms with Crippen molar-refractivity contribution in [1.29, 1.82) is 0 Å². The van der Waals surface area contributed by atoms with E-state index in [9.17, 15) is 19.2 Å². The Morgan fingerprint density at radius 1 is 1.10 bits per heavy atom. The van der Waals surface area contributed by atoms with E-state index in [-0.39, 0.29) is 24.2 Å². The first kappa shape index (κ1) is 27.4. The molecule has 0 spiro atoms. The van der Waals surface area contributed by atoms with E-state index in [0.29, 0.717) is 6.42 Å². The topological polar surface area (TPSA) is 118 Å². The Morgan fingerprint density at radius 2 is 1.82 bits per heavy atom. The normalized spacial score (nSPS) is 40.5. The Balaban J connectivity index is 1.78. The van der Waals surface area contributed by atoms with Gasteiger partial charge in [-0.2, -0.15) is 0 Å². The van der Waals surface area contributed by atoms with Crippen molar-refractivity contribution in [1.82, 2.24) is 0 Å². The second-order valence-corrected chi connectivity index (χ2v) is 11.9. The summed E-state index contributed by atoms with van der Waals surface area (Å²) < 4.78 is 28.5. The summed E-state index contributed by atoms with van der Waals surface area (Å²) >= 11 is 0. The van der Waals surface area contributed by atoms with E-state index in [1.54, 1.807) is 26.4 Å². The molecule has 1 aromatic heterocycles. The average molecular weight is 541 g/mol. The molecule has 0 radical (unpaired) electrons. The molecule has 2 fully saturated rings. The van der Waals surface area contributed by atoms with E-state index in [4.69, 9.17) is 23.4 Å². The summed E-state index contributed by atoms with van der Waals surface area (Å²) in [6.45, 7) is 8.83. The van der Waals surface area contributed by atoms with Gasteiger partial charge < -0.3 is 23.4 Å². The van der Waals surface area contributed by atoms with Crippen LogP contribution in [-0.2, 0) is 38.1 Å². The molecular formula is C30H36O9. The fraction of sp³-hybridized carbons (Fsp3) is 0.600. The van der Waals surface area contributed by atoms with Gasteiger partial charge in [0.25, 0.3) is 0 Å². The van der Waals surface area contributed by atoms with Crippen LogP contribution >= 0.6 is 0 Å². The Morgan fingerprint density at radius 3 is 2.41 bits per heavy atom. The first-order valence-electron chi connectivity index (χ1n) is 13.3. The van der Waals surface area contributed by atoms with E-state index >= 15 is 0 Å². The number of ketones is 1. The number of hydrogen-bond donors (Lipinski definition) is 0. The highest BCUT2D eigenvalue weighted by molar-refractivity contribution is 5.99. The molecule has 1 aromatic rings. The van der Waals surface area contributed by atoms with E-state index in [1.165, 1.54) is 33.3 Å². The number of hydrogen-bond acceptors (Lipinski definition) is 9. The van der Waals surface area contributed by atoms with Crippen molar-refractivity contribution in [2.24, 2.45) is 28.1 Å². The van der Waals surface area contributed by atoms with Crippen molar-refractivity contribution in [2.75, 3.05) is 14.2 Å². The summed E-state index contributed by atoms with van der Waals surface area (Å²) in [4.78, 5) is 52.9. The molecule has 5 rings (SSSR count). The largest absolute Gasteiger partial charge is 0.472 e. The van der Waals surface area contributed by atoms with Crippen LogP contribution in [0.1, 0.15) is 58.9 Å². The lowest BCUT2D eigenvalue weighted by molar-refractivity contribution is -0.226. The van der Waals surface area contributed by atoms with Crippen molar-refractivity contribution in [3.8, 4) is 0 Å². The number of carbonyl (C=O) groups is 4. The molecule has 1 aliphatic heterocycles. The number of furan rings is 1. The molecule has 2 heterocycles. The Bertz CT molecular complexity index is 1280. The minimum Gasteiger partial charge on any atom is -0.472 e. The molecule has 0 N–H and O–H groups in total. The van der Waals surface area contributed by atoms with Gasteiger partial charge >= 0.3 is 17.9 Å². The van der Waals surface area contributed by atoms with E-state index in [0.717, 1.165) is 16.7 Å². The first-order chi connectivity index (χ1) is 18.3. The molecule has 4 aliphatic rings. The Kier molecular flexibility index (Phi) is 6.44. The van der Waals surface area contributed by atoms with Gasteiger partial charge in [-0.15, -0.1) is 0 Å². The van der Waals surface area contributed by atoms with Crippen LogP contribution in [0.5, 0.6) is 0 Å². The van der Waals surface area contributed by atoms with E-state index < -0.39 is 58.2 Å². The van der Waals surface area contributed by atoms with Crippen molar-refractivity contribution in [3.05, 3.63) is 47.5 Å². The first-order valence-corrected chi connectivity index (χ1v) is 13.3. The molecule has 0 aromatic carbocycles. The summed E-state index contributed by atoms with van der Waals surface area (Å²) in [5, 5.41) is 0. The van der Waals surface area contributed by atoms with Crippen LogP contribution in [-0.4, -0.2) is 56.2 Å². The van der Waals surface area contributed by atoms with Crippen LogP contribution in [0.3, 0.4) is 0 Å². The highest BCUT2D eigenvalue weighted by Gasteiger charge is 2.75. The van der Waals surface area contributed by atoms with Gasteiger partial charge in [-0.3, -0.25) is 19.2 Å². The summed E-state index contributed by atoms with van der Waals surface area (Å²) in [6.07, 6.45) is 4.88. The number of ether oxygens (including phenoxy) is 4. The number of rotatable bonds is 5. The van der Waals surface area contributed by atoms with Gasteiger partial charge in [0, 0.05) is 29.6 Å². The highest BCUT2D eigenvalue weighted by Crippen LogP contribution is 2.70. The van der Waals surface area contributed by atoms with Gasteiger partial charge in [-0.25, -0.2) is 0 Å². The standard InChI is InChI=1S/C30H36O9/c1-15-18(17-9-11-37-14-17)12-19-23(15)30(5)20(13-22(33)35-6)29(4)21(32)8-10-28(3,27(34)36-7)25(29)24(26(30)39-19)38-16(2)31/h8-11,14,18-20,24-26H,12-13H2,1-7H3/t18-,19?,20-,24?,25+,26?,28-,29+,30-/m1/s1. The number of esters is 3. The Labute approximate surface area is 227 Å². The van der Waals surface area contributed by atoms with Crippen molar-refractivity contribution >= 4 is 23.7 Å². The summed E-state index contributed by atoms with van der Waals surface area (Å²) in [7, 11) is 2.60. The molecule has 1 saturated heterocycles. The maximum atomic E-state index is 14.0. The van der Waals surface area contributed by atoms with Gasteiger partial charge in [0.05, 0.1) is 44.7 Å². The van der Waals surface area contributed by atoms with Crippen LogP contribution in [0.25, 0.3) is 0 Å². The predicted octanol–water partition coefficient (Wildman–Crippen LogP) is 3.92. The molecule has 210 valence electrons. The molecule has 39 heavy (non-hydrogen) atoms. The third-order valence-corrected chi connectivity index (χ3v) is 10.2. The third kappa shape index (κ3) is 3.61.